The van der Waals surface area contributed by atoms with Crippen LogP contribution in [0.4, 0.5) is 0 Å². The number of pyridine rings is 1. The summed E-state index contributed by atoms with van der Waals surface area (Å²) in [5.74, 6) is 0.355. The second-order valence-electron chi connectivity index (χ2n) is 10.5. The lowest BCUT2D eigenvalue weighted by atomic mass is 9.79. The van der Waals surface area contributed by atoms with Crippen LogP contribution in [0.3, 0.4) is 0 Å². The molecule has 0 spiro atoms. The highest BCUT2D eigenvalue weighted by atomic mass is 16.3. The Labute approximate surface area is 232 Å². The largest absolute Gasteiger partial charge is 0.376 e. The van der Waals surface area contributed by atoms with Gasteiger partial charge in [0.25, 0.3) is 0 Å². The Morgan fingerprint density at radius 1 is 0.974 bits per heavy atom. The van der Waals surface area contributed by atoms with E-state index >= 15 is 0 Å². The number of aryl methyl sites for hydroxylation is 2. The minimum absolute atomic E-state index is 0.154. The molecule has 0 fully saturated rings. The molecule has 0 amide bonds. The van der Waals surface area contributed by atoms with E-state index in [-0.39, 0.29) is 5.56 Å². The van der Waals surface area contributed by atoms with E-state index in [0.717, 1.165) is 64.4 Å². The highest BCUT2D eigenvalue weighted by Gasteiger charge is 2.34. The molecule has 0 aliphatic rings. The van der Waals surface area contributed by atoms with Crippen LogP contribution in [0, 0.1) is 5.92 Å². The summed E-state index contributed by atoms with van der Waals surface area (Å²) in [6.07, 6.45) is 7.71. The van der Waals surface area contributed by atoms with Crippen LogP contribution in [-0.2, 0) is 18.4 Å². The number of nitrogens with one attached hydrogen (secondary N) is 1. The van der Waals surface area contributed by atoms with Crippen molar-refractivity contribution < 1.29 is 5.11 Å². The van der Waals surface area contributed by atoms with Crippen LogP contribution in [0.1, 0.15) is 69.7 Å². The zero-order chi connectivity index (χ0) is 28.0. The lowest BCUT2D eigenvalue weighted by molar-refractivity contribution is 0.121. The van der Waals surface area contributed by atoms with Crippen LogP contribution in [0.5, 0.6) is 0 Å². The maximum absolute atomic E-state index is 12.6. The molecule has 39 heavy (non-hydrogen) atoms. The average molecular weight is 521 g/mol. The summed E-state index contributed by atoms with van der Waals surface area (Å²) in [5.41, 5.74) is 5.82. The number of rotatable bonds is 10. The van der Waals surface area contributed by atoms with Crippen LogP contribution >= 0.6 is 0 Å². The van der Waals surface area contributed by atoms with Gasteiger partial charge in [0.1, 0.15) is 5.60 Å². The number of aromatic amines is 1. The predicted molar refractivity (Wildman–Crippen MR) is 165 cm³/mol. The molecule has 4 aromatic rings. The van der Waals surface area contributed by atoms with Gasteiger partial charge >= 0.3 is 0 Å². The topological polar surface area (TPSA) is 65.5 Å². The van der Waals surface area contributed by atoms with Crippen LogP contribution in [0.2, 0.25) is 0 Å². The fourth-order valence-electron chi connectivity index (χ4n) is 5.15. The predicted octanol–water partition coefficient (Wildman–Crippen LogP) is 7.97. The first-order valence-electron chi connectivity index (χ1n) is 14.1. The summed E-state index contributed by atoms with van der Waals surface area (Å²) in [7, 11) is 0. The van der Waals surface area contributed by atoms with Gasteiger partial charge in [-0.15, -0.1) is 0 Å². The first-order valence-corrected chi connectivity index (χ1v) is 14.1. The quantitative estimate of drug-likeness (QED) is 0.208. The van der Waals surface area contributed by atoms with Crippen molar-refractivity contribution in [1.29, 1.82) is 0 Å². The smallest absolute Gasteiger partial charge is 0.249 e. The molecule has 1 aromatic heterocycles. The molecule has 4 nitrogen and oxygen atoms in total. The third-order valence-electron chi connectivity index (χ3n) is 7.69. The van der Waals surface area contributed by atoms with Crippen molar-refractivity contribution >= 4 is 17.1 Å². The van der Waals surface area contributed by atoms with E-state index < -0.39 is 5.60 Å². The number of fused-ring (bicyclic) bond motifs is 1. The van der Waals surface area contributed by atoms with Crippen molar-refractivity contribution in [1.82, 2.24) is 4.98 Å². The molecular weight excluding hydrogens is 480 g/mol. The summed E-state index contributed by atoms with van der Waals surface area (Å²) in [6, 6.07) is 23.7. The third-order valence-corrected chi connectivity index (χ3v) is 7.69. The lowest BCUT2D eigenvalue weighted by Gasteiger charge is -2.31. The summed E-state index contributed by atoms with van der Waals surface area (Å²) in [6.45, 7) is 10.6. The Morgan fingerprint density at radius 2 is 1.69 bits per heavy atom. The molecule has 1 heterocycles. The average Bonchev–Trinajstić information content (AvgIpc) is 2.96. The van der Waals surface area contributed by atoms with E-state index in [4.69, 9.17) is 0 Å². The van der Waals surface area contributed by atoms with Gasteiger partial charge in [0.2, 0.25) is 5.56 Å². The number of hydrogen-bond donors (Lipinski definition) is 2. The van der Waals surface area contributed by atoms with Gasteiger partial charge in [0, 0.05) is 29.4 Å². The molecule has 3 aromatic carbocycles. The minimum atomic E-state index is -1.40. The normalized spacial score (nSPS) is 14.6. The Hall–Kier alpha value is -3.76. The number of nitrogens with zero attached hydrogens (tertiary/aromatic N) is 1. The first kappa shape index (κ1) is 28.3. The Bertz CT molecular complexity index is 1550. The van der Waals surface area contributed by atoms with Gasteiger partial charge in [-0.05, 0) is 83.2 Å². The fraction of sp³-hybridized carbons (Fsp3) is 0.314. The molecule has 202 valence electrons. The summed E-state index contributed by atoms with van der Waals surface area (Å²) < 4.78 is 0. The summed E-state index contributed by atoms with van der Waals surface area (Å²) in [4.78, 5) is 20.1. The molecule has 4 rings (SSSR count). The standard InChI is InChI=1S/C35H40N2O2/c1-6-12-27-15-16-29(19-26(27)8-3)35(39,25(5)23-36-22-24(4)7-2)30-17-18-33-32(20-30)31(21-34(38)37-33)28-13-10-9-11-14-28/h9-11,13-24,39H,6-8,12H2,1-5H3,(H,37,38)/b25-23+,36-22?. The molecule has 0 bridgehead atoms. The van der Waals surface area contributed by atoms with Crippen molar-refractivity contribution in [3.8, 4) is 11.1 Å². The van der Waals surface area contributed by atoms with Crippen molar-refractivity contribution in [3.05, 3.63) is 117 Å². The second kappa shape index (κ2) is 12.4. The van der Waals surface area contributed by atoms with E-state index in [0.29, 0.717) is 5.92 Å². The number of aliphatic hydroxyl groups is 1. The monoisotopic (exact) mass is 520 g/mol. The Morgan fingerprint density at radius 3 is 2.38 bits per heavy atom. The molecule has 0 saturated carbocycles. The van der Waals surface area contributed by atoms with Gasteiger partial charge in [-0.25, -0.2) is 0 Å². The van der Waals surface area contributed by atoms with Gasteiger partial charge in [-0.2, -0.15) is 0 Å². The molecular formula is C35H40N2O2. The molecule has 2 unspecified atom stereocenters. The van der Waals surface area contributed by atoms with Crippen molar-refractivity contribution in [2.24, 2.45) is 10.9 Å². The maximum atomic E-state index is 12.6. The summed E-state index contributed by atoms with van der Waals surface area (Å²) >= 11 is 0. The number of aliphatic imine (C=N–C) groups is 1. The first-order chi connectivity index (χ1) is 18.8. The van der Waals surface area contributed by atoms with Gasteiger partial charge in [0.15, 0.2) is 0 Å². The zero-order valence-electron chi connectivity index (χ0n) is 23.8. The SMILES string of the molecule is CCCc1ccc(C(O)(/C(C)=C/N=CC(C)CC)c2ccc3[nH]c(=O)cc(-c4ccccc4)c3c2)cc1CC. The Balaban J connectivity index is 1.97. The number of hydrogen-bond acceptors (Lipinski definition) is 3. The molecule has 0 aliphatic carbocycles. The zero-order valence-corrected chi connectivity index (χ0v) is 23.8. The number of aromatic nitrogens is 1. The van der Waals surface area contributed by atoms with Crippen LogP contribution < -0.4 is 5.56 Å². The summed E-state index contributed by atoms with van der Waals surface area (Å²) in [5, 5.41) is 13.5. The number of H-pyrrole nitrogens is 1. The van der Waals surface area contributed by atoms with Crippen LogP contribution in [0.25, 0.3) is 22.0 Å². The highest BCUT2D eigenvalue weighted by Crippen LogP contribution is 2.40. The van der Waals surface area contributed by atoms with E-state index in [9.17, 15) is 9.90 Å². The van der Waals surface area contributed by atoms with Gasteiger partial charge in [-0.3, -0.25) is 9.79 Å². The molecule has 4 heteroatoms. The van der Waals surface area contributed by atoms with Crippen LogP contribution in [0.15, 0.2) is 94.4 Å². The molecule has 2 atom stereocenters. The second-order valence-corrected chi connectivity index (χ2v) is 10.5. The lowest BCUT2D eigenvalue weighted by Crippen LogP contribution is -2.29. The Kier molecular flexibility index (Phi) is 8.98. The number of benzene rings is 3. The minimum Gasteiger partial charge on any atom is -0.376 e. The van der Waals surface area contributed by atoms with Gasteiger partial charge < -0.3 is 10.1 Å². The van der Waals surface area contributed by atoms with Gasteiger partial charge in [-0.1, -0.05) is 88.7 Å². The fourth-order valence-corrected chi connectivity index (χ4v) is 5.15. The van der Waals surface area contributed by atoms with Crippen molar-refractivity contribution in [3.63, 3.8) is 0 Å². The van der Waals surface area contributed by atoms with E-state index in [2.05, 4.69) is 55.9 Å². The molecule has 0 saturated heterocycles. The van der Waals surface area contributed by atoms with Crippen molar-refractivity contribution in [2.75, 3.05) is 0 Å². The third kappa shape index (κ3) is 5.97. The highest BCUT2D eigenvalue weighted by molar-refractivity contribution is 5.95. The van der Waals surface area contributed by atoms with E-state index in [1.165, 1.54) is 11.1 Å². The molecule has 0 radical (unpaired) electrons. The van der Waals surface area contributed by atoms with E-state index in [1.807, 2.05) is 61.7 Å². The van der Waals surface area contributed by atoms with Crippen LogP contribution in [-0.4, -0.2) is 16.3 Å². The molecule has 2 N–H and O–H groups in total. The maximum Gasteiger partial charge on any atom is 0.249 e. The van der Waals surface area contributed by atoms with Crippen molar-refractivity contribution in [2.45, 2.75) is 65.9 Å². The van der Waals surface area contributed by atoms with E-state index in [1.54, 1.807) is 12.3 Å². The van der Waals surface area contributed by atoms with Gasteiger partial charge in [0.05, 0.1) is 0 Å². The molecule has 0 aliphatic heterocycles.